The molecular weight excluding hydrogens is 669 g/mol. The van der Waals surface area contributed by atoms with Crippen LogP contribution in [-0.4, -0.2) is 86.0 Å². The summed E-state index contributed by atoms with van der Waals surface area (Å²) in [6, 6.07) is 0. The summed E-state index contributed by atoms with van der Waals surface area (Å²) < 4.78 is 0. The van der Waals surface area contributed by atoms with Crippen LogP contribution in [0.2, 0.25) is 0 Å². The number of carboxylic acid groups (broad SMARTS) is 3. The molecule has 0 saturated carbocycles. The third kappa shape index (κ3) is 12.0. The molecule has 3 N–H and O–H groups in total. The molecule has 0 aromatic heterocycles. The van der Waals surface area contributed by atoms with Crippen molar-refractivity contribution in [2.45, 2.75) is 0 Å². The standard InChI is InChI=1S/3C6H6GeO2.La/c3*8-6(9)7-4-2-1-3-5-7;/h3*1-5H,(H,8,9);. The average Bonchev–Trinajstić information content (AvgIpc) is 2.71. The molecule has 0 amide bonds. The maximum atomic E-state index is 10.3. The van der Waals surface area contributed by atoms with Gasteiger partial charge in [-0.1, -0.05) is 0 Å². The van der Waals surface area contributed by atoms with E-state index >= 15 is 0 Å². The van der Waals surface area contributed by atoms with Gasteiger partial charge in [-0.25, -0.2) is 0 Å². The Morgan fingerprint density at radius 1 is 0.464 bits per heavy atom. The number of rotatable bonds is 3. The predicted molar refractivity (Wildman–Crippen MR) is 114 cm³/mol. The Morgan fingerprint density at radius 3 is 0.821 bits per heavy atom. The molecule has 10 heteroatoms. The van der Waals surface area contributed by atoms with Gasteiger partial charge in [0.15, 0.2) is 0 Å². The molecule has 0 saturated heterocycles. The van der Waals surface area contributed by atoms with E-state index in [9.17, 15) is 14.4 Å². The molecule has 0 fully saturated rings. The summed E-state index contributed by atoms with van der Waals surface area (Å²) in [5.74, 6) is 0. The number of allylic oxidation sites excluding steroid dienone is 9. The summed E-state index contributed by atoms with van der Waals surface area (Å²) in [5, 5.41) is 25.5. The Bertz CT molecular complexity index is 760. The Kier molecular flexibility index (Phi) is 15.7. The van der Waals surface area contributed by atoms with Gasteiger partial charge in [-0.2, -0.15) is 0 Å². The van der Waals surface area contributed by atoms with Crippen LogP contribution in [0.1, 0.15) is 0 Å². The largest absolute Gasteiger partial charge is 0 e. The van der Waals surface area contributed by atoms with Crippen molar-refractivity contribution >= 4 is 70.7 Å². The summed E-state index contributed by atoms with van der Waals surface area (Å²) in [6.45, 7) is 0. The first-order chi connectivity index (χ1) is 12.9. The molecule has 1 radical (unpaired) electrons. The predicted octanol–water partition coefficient (Wildman–Crippen LogP) is 2.37. The smallest absolute Gasteiger partial charge is 0 e. The molecule has 0 spiro atoms. The van der Waals surface area contributed by atoms with E-state index in [0.717, 1.165) is 0 Å². The minimum atomic E-state index is -1.93. The average molecular weight is 687 g/mol. The number of hydrogen-bond donors (Lipinski definition) is 3. The number of hydrogen-bond acceptors (Lipinski definition) is 3. The topological polar surface area (TPSA) is 112 Å². The van der Waals surface area contributed by atoms with Crippen molar-refractivity contribution in [1.82, 2.24) is 0 Å². The van der Waals surface area contributed by atoms with Gasteiger partial charge in [0.2, 0.25) is 0 Å². The quantitative estimate of drug-likeness (QED) is 0.394. The molecule has 0 bridgehead atoms. The van der Waals surface area contributed by atoms with E-state index in [1.165, 1.54) is 0 Å². The van der Waals surface area contributed by atoms with E-state index in [1.807, 2.05) is 84.0 Å². The maximum absolute atomic E-state index is 10.3. The Morgan fingerprint density at radius 2 is 0.714 bits per heavy atom. The molecule has 0 aromatic carbocycles. The van der Waals surface area contributed by atoms with Crippen molar-refractivity contribution in [3.05, 3.63) is 69.4 Å². The van der Waals surface area contributed by atoms with E-state index in [2.05, 4.69) is 0 Å². The van der Waals surface area contributed by atoms with E-state index in [0.29, 0.717) is 0 Å². The summed E-state index contributed by atoms with van der Waals surface area (Å²) in [7, 11) is 0. The van der Waals surface area contributed by atoms with Crippen LogP contribution in [0, 0.1) is 35.6 Å². The monoisotopic (exact) mass is 691 g/mol. The van der Waals surface area contributed by atoms with Crippen molar-refractivity contribution in [2.75, 3.05) is 0 Å². The fraction of sp³-hybridized carbons (Fsp3) is 0. The Balaban J connectivity index is 0.000000384. The van der Waals surface area contributed by atoms with E-state index in [1.54, 1.807) is 0 Å². The fourth-order valence-electron chi connectivity index (χ4n) is 1.74. The molecule has 3 rings (SSSR count). The second-order valence-electron chi connectivity index (χ2n) is 5.01. The molecule has 141 valence electrons. The third-order valence-electron chi connectivity index (χ3n) is 3.06. The van der Waals surface area contributed by atoms with Gasteiger partial charge >= 0.3 is 170 Å². The van der Waals surface area contributed by atoms with Crippen molar-refractivity contribution in [3.8, 4) is 0 Å². The first-order valence-corrected chi connectivity index (χ1v) is 18.2. The summed E-state index contributed by atoms with van der Waals surface area (Å²) in [4.78, 5) is 39.9. The zero-order chi connectivity index (χ0) is 20.1. The second-order valence-corrected chi connectivity index (χ2v) is 17.6. The van der Waals surface area contributed by atoms with Crippen LogP contribution in [0.15, 0.2) is 69.4 Å². The van der Waals surface area contributed by atoms with Gasteiger partial charge in [0.25, 0.3) is 0 Å². The van der Waals surface area contributed by atoms with E-state index in [-0.39, 0.29) is 35.6 Å². The molecule has 6 nitrogen and oxygen atoms in total. The van der Waals surface area contributed by atoms with Gasteiger partial charge in [-0.05, 0) is 0 Å². The molecule has 3 aliphatic heterocycles. The van der Waals surface area contributed by atoms with Crippen molar-refractivity contribution in [2.24, 2.45) is 0 Å². The van der Waals surface area contributed by atoms with Gasteiger partial charge in [0, 0.05) is 35.6 Å². The molecule has 0 aliphatic carbocycles. The minimum Gasteiger partial charge on any atom is 0 e. The maximum Gasteiger partial charge on any atom is 0 e. The van der Waals surface area contributed by atoms with Crippen LogP contribution in [0.25, 0.3) is 0 Å². The second kappa shape index (κ2) is 16.1. The van der Waals surface area contributed by atoms with Crippen LogP contribution in [-0.2, 0) is 0 Å². The fourth-order valence-corrected chi connectivity index (χ4v) is 8.25. The molecule has 0 unspecified atom stereocenters. The van der Waals surface area contributed by atoms with Gasteiger partial charge < -0.3 is 0 Å². The SMILES string of the molecule is O=[C](O)[Ge]1=[CH]C=CC=[CH]1.O=[C](O)[Ge]1=[CH]C=CC=[CH]1.O=[C](O)[Ge]1=[CH]C=CC=[CH]1.[La]. The summed E-state index contributed by atoms with van der Waals surface area (Å²) in [5.41, 5.74) is 0. The zero-order valence-corrected chi connectivity index (χ0v) is 24.7. The molecule has 3 heterocycles. The van der Waals surface area contributed by atoms with E-state index < -0.39 is 56.1 Å². The van der Waals surface area contributed by atoms with Crippen molar-refractivity contribution in [1.29, 1.82) is 0 Å². The Labute approximate surface area is 203 Å². The third-order valence-corrected chi connectivity index (χ3v) is 13.1. The van der Waals surface area contributed by atoms with Crippen LogP contribution in [0.4, 0.5) is 14.4 Å². The molecule has 3 aliphatic rings. The molecule has 28 heavy (non-hydrogen) atoms. The van der Waals surface area contributed by atoms with Crippen LogP contribution in [0.3, 0.4) is 0 Å². The molecule has 0 atom stereocenters. The van der Waals surface area contributed by atoms with E-state index in [4.69, 9.17) is 15.3 Å². The van der Waals surface area contributed by atoms with Crippen LogP contribution in [0.5, 0.6) is 0 Å². The van der Waals surface area contributed by atoms with Gasteiger partial charge in [0.05, 0.1) is 0 Å². The minimum absolute atomic E-state index is 0. The van der Waals surface area contributed by atoms with Crippen LogP contribution >= 0.6 is 0 Å². The Hall–Kier alpha value is -0.717. The summed E-state index contributed by atoms with van der Waals surface area (Å²) >= 11 is -5.78. The first kappa shape index (κ1) is 27.3. The van der Waals surface area contributed by atoms with Gasteiger partial charge in [0.1, 0.15) is 0 Å². The number of carbonyl (C=O) groups is 3. The van der Waals surface area contributed by atoms with Gasteiger partial charge in [-0.3, -0.25) is 0 Å². The first-order valence-electron chi connectivity index (χ1n) is 7.77. The van der Waals surface area contributed by atoms with Crippen LogP contribution < -0.4 is 0 Å². The molecular formula is C18H18Ge3LaO6. The zero-order valence-electron chi connectivity index (χ0n) is 14.8. The van der Waals surface area contributed by atoms with Crippen molar-refractivity contribution in [3.63, 3.8) is 0 Å². The van der Waals surface area contributed by atoms with Crippen molar-refractivity contribution < 1.29 is 65.3 Å². The van der Waals surface area contributed by atoms with Gasteiger partial charge in [-0.15, -0.1) is 0 Å². The normalized spacial score (nSPS) is 14.8. The summed E-state index contributed by atoms with van der Waals surface area (Å²) in [6.07, 6.45) is 16.4. The molecule has 0 aromatic rings.